The van der Waals surface area contributed by atoms with E-state index in [2.05, 4.69) is 13.8 Å². The third kappa shape index (κ3) is 1.14. The minimum absolute atomic E-state index is 0.164. The molecule has 3 aliphatic carbocycles. The highest BCUT2D eigenvalue weighted by molar-refractivity contribution is 5.76. The average molecular weight is 220 g/mol. The Kier molecular flexibility index (Phi) is 1.96. The number of aldehydes is 1. The number of hydrogen-bond acceptors (Lipinski definition) is 2. The summed E-state index contributed by atoms with van der Waals surface area (Å²) in [4.78, 5) is 11.1. The Labute approximate surface area is 96.7 Å². The maximum Gasteiger partial charge on any atom is 0.145 e. The molecule has 3 atom stereocenters. The van der Waals surface area contributed by atoms with Crippen molar-refractivity contribution in [3.05, 3.63) is 11.1 Å². The predicted octanol–water partition coefficient (Wildman–Crippen LogP) is 2.46. The fraction of sp³-hybridized carbons (Fsp3) is 0.786. The number of rotatable bonds is 1. The van der Waals surface area contributed by atoms with Crippen molar-refractivity contribution < 1.29 is 9.90 Å². The monoisotopic (exact) mass is 220 g/mol. The van der Waals surface area contributed by atoms with Crippen LogP contribution in [0, 0.1) is 17.3 Å². The van der Waals surface area contributed by atoms with Gasteiger partial charge in [-0.1, -0.05) is 19.4 Å². The Hall–Kier alpha value is -0.630. The Morgan fingerprint density at radius 2 is 2.12 bits per heavy atom. The third-order valence-electron chi connectivity index (χ3n) is 5.15. The zero-order chi connectivity index (χ0) is 11.6. The molecular formula is C14H20O2. The minimum atomic E-state index is -0.502. The first-order valence-corrected chi connectivity index (χ1v) is 6.38. The van der Waals surface area contributed by atoms with Crippen LogP contribution < -0.4 is 0 Å². The molecule has 0 heterocycles. The van der Waals surface area contributed by atoms with Gasteiger partial charge in [-0.25, -0.2) is 0 Å². The zero-order valence-corrected chi connectivity index (χ0v) is 10.1. The second-order valence-corrected chi connectivity index (χ2v) is 6.56. The van der Waals surface area contributed by atoms with Crippen LogP contribution in [0.3, 0.4) is 0 Å². The SMILES string of the molecule is CC1(C)CC[C@@]2(O)C[C@@H]3CCC(C=O)=C3[C@@H]12. The number of carbonyl (C=O) groups excluding carboxylic acids is 1. The lowest BCUT2D eigenvalue weighted by molar-refractivity contribution is -0.105. The second kappa shape index (κ2) is 2.98. The lowest BCUT2D eigenvalue weighted by atomic mass is 9.75. The summed E-state index contributed by atoms with van der Waals surface area (Å²) in [5.41, 5.74) is 1.98. The number of aliphatic hydroxyl groups is 1. The molecule has 0 radical (unpaired) electrons. The van der Waals surface area contributed by atoms with E-state index in [1.165, 1.54) is 5.57 Å². The molecular weight excluding hydrogens is 200 g/mol. The van der Waals surface area contributed by atoms with Crippen LogP contribution in [0.1, 0.15) is 46.0 Å². The van der Waals surface area contributed by atoms with Gasteiger partial charge in [0.25, 0.3) is 0 Å². The van der Waals surface area contributed by atoms with Gasteiger partial charge in [0.05, 0.1) is 5.60 Å². The van der Waals surface area contributed by atoms with Crippen LogP contribution in [-0.2, 0) is 4.79 Å². The van der Waals surface area contributed by atoms with Crippen LogP contribution in [0.5, 0.6) is 0 Å². The Morgan fingerprint density at radius 3 is 2.81 bits per heavy atom. The van der Waals surface area contributed by atoms with Gasteiger partial charge in [0.2, 0.25) is 0 Å². The summed E-state index contributed by atoms with van der Waals surface area (Å²) >= 11 is 0. The van der Waals surface area contributed by atoms with Crippen molar-refractivity contribution in [3.63, 3.8) is 0 Å². The second-order valence-electron chi connectivity index (χ2n) is 6.56. The molecule has 16 heavy (non-hydrogen) atoms. The van der Waals surface area contributed by atoms with Crippen LogP contribution in [-0.4, -0.2) is 17.0 Å². The lowest BCUT2D eigenvalue weighted by Gasteiger charge is -2.32. The maximum absolute atomic E-state index is 11.1. The van der Waals surface area contributed by atoms with Gasteiger partial charge in [-0.2, -0.15) is 0 Å². The van der Waals surface area contributed by atoms with Crippen molar-refractivity contribution in [1.29, 1.82) is 0 Å². The third-order valence-corrected chi connectivity index (χ3v) is 5.15. The predicted molar refractivity (Wildman–Crippen MR) is 61.9 cm³/mol. The van der Waals surface area contributed by atoms with Crippen LogP contribution in [0.25, 0.3) is 0 Å². The van der Waals surface area contributed by atoms with E-state index in [-0.39, 0.29) is 11.3 Å². The van der Waals surface area contributed by atoms with Crippen molar-refractivity contribution in [2.45, 2.75) is 51.6 Å². The van der Waals surface area contributed by atoms with Gasteiger partial charge in [0.15, 0.2) is 0 Å². The van der Waals surface area contributed by atoms with Crippen LogP contribution in [0.2, 0.25) is 0 Å². The highest BCUT2D eigenvalue weighted by Gasteiger charge is 2.60. The summed E-state index contributed by atoms with van der Waals surface area (Å²) in [5.74, 6) is 0.738. The normalized spacial score (nSPS) is 44.7. The molecule has 3 rings (SSSR count). The molecule has 0 unspecified atom stereocenters. The lowest BCUT2D eigenvalue weighted by Crippen LogP contribution is -2.34. The molecule has 0 aromatic rings. The molecule has 0 aliphatic heterocycles. The number of carbonyl (C=O) groups is 1. The largest absolute Gasteiger partial charge is 0.389 e. The van der Waals surface area contributed by atoms with E-state index in [0.717, 1.165) is 44.0 Å². The van der Waals surface area contributed by atoms with Gasteiger partial charge >= 0.3 is 0 Å². The molecule has 0 amide bonds. The molecule has 2 saturated carbocycles. The topological polar surface area (TPSA) is 37.3 Å². The quantitative estimate of drug-likeness (QED) is 0.689. The molecule has 2 nitrogen and oxygen atoms in total. The molecule has 0 spiro atoms. The van der Waals surface area contributed by atoms with Crippen LogP contribution >= 0.6 is 0 Å². The van der Waals surface area contributed by atoms with Gasteiger partial charge < -0.3 is 5.11 Å². The summed E-state index contributed by atoms with van der Waals surface area (Å²) < 4.78 is 0. The zero-order valence-electron chi connectivity index (χ0n) is 10.1. The molecule has 0 aromatic carbocycles. The summed E-state index contributed by atoms with van der Waals surface area (Å²) in [6.45, 7) is 4.48. The number of allylic oxidation sites excluding steroid dienone is 1. The van der Waals surface area contributed by atoms with Gasteiger partial charge in [-0.05, 0) is 49.0 Å². The van der Waals surface area contributed by atoms with Gasteiger partial charge in [0.1, 0.15) is 6.29 Å². The molecule has 0 aromatic heterocycles. The molecule has 0 bridgehead atoms. The molecule has 88 valence electrons. The first-order valence-electron chi connectivity index (χ1n) is 6.38. The number of fused-ring (bicyclic) bond motifs is 3. The van der Waals surface area contributed by atoms with E-state index in [1.807, 2.05) is 0 Å². The van der Waals surface area contributed by atoms with Crippen LogP contribution in [0.15, 0.2) is 11.1 Å². The molecule has 2 heteroatoms. The van der Waals surface area contributed by atoms with E-state index < -0.39 is 5.60 Å². The van der Waals surface area contributed by atoms with Gasteiger partial charge in [-0.3, -0.25) is 4.79 Å². The van der Waals surface area contributed by atoms with E-state index >= 15 is 0 Å². The van der Waals surface area contributed by atoms with Gasteiger partial charge in [-0.15, -0.1) is 0 Å². The summed E-state index contributed by atoms with van der Waals surface area (Å²) in [7, 11) is 0. The fourth-order valence-corrected chi connectivity index (χ4v) is 4.56. The Bertz CT molecular complexity index is 380. The van der Waals surface area contributed by atoms with Gasteiger partial charge in [0, 0.05) is 5.92 Å². The highest BCUT2D eigenvalue weighted by Crippen LogP contribution is 2.64. The first-order chi connectivity index (χ1) is 7.48. The van der Waals surface area contributed by atoms with Crippen molar-refractivity contribution in [3.8, 4) is 0 Å². The van der Waals surface area contributed by atoms with Crippen molar-refractivity contribution in [1.82, 2.24) is 0 Å². The molecule has 0 saturated heterocycles. The van der Waals surface area contributed by atoms with Crippen LogP contribution in [0.4, 0.5) is 0 Å². The Morgan fingerprint density at radius 1 is 1.38 bits per heavy atom. The fourth-order valence-electron chi connectivity index (χ4n) is 4.56. The smallest absolute Gasteiger partial charge is 0.145 e. The molecule has 3 aliphatic rings. The average Bonchev–Trinajstić information content (AvgIpc) is 2.76. The number of hydrogen-bond donors (Lipinski definition) is 1. The van der Waals surface area contributed by atoms with E-state index in [9.17, 15) is 9.90 Å². The van der Waals surface area contributed by atoms with E-state index in [1.54, 1.807) is 0 Å². The van der Waals surface area contributed by atoms with E-state index in [4.69, 9.17) is 0 Å². The summed E-state index contributed by atoms with van der Waals surface area (Å²) in [6, 6.07) is 0. The van der Waals surface area contributed by atoms with Crippen molar-refractivity contribution in [2.75, 3.05) is 0 Å². The minimum Gasteiger partial charge on any atom is -0.389 e. The molecule has 1 N–H and O–H groups in total. The standard InChI is InChI=1S/C14H20O2/c1-13(2)5-6-14(16)7-9-3-4-10(8-15)11(9)12(13)14/h8-9,12,16H,3-7H2,1-2H3/t9-,12-,14+/m0/s1. The molecule has 2 fully saturated rings. The van der Waals surface area contributed by atoms with Crippen molar-refractivity contribution in [2.24, 2.45) is 17.3 Å². The first kappa shape index (κ1) is 10.5. The summed E-state index contributed by atoms with van der Waals surface area (Å²) in [6.07, 6.45) is 5.95. The highest BCUT2D eigenvalue weighted by atomic mass is 16.3. The summed E-state index contributed by atoms with van der Waals surface area (Å²) in [5, 5.41) is 10.7. The van der Waals surface area contributed by atoms with Crippen molar-refractivity contribution >= 4 is 6.29 Å². The Balaban J connectivity index is 2.12. The maximum atomic E-state index is 11.1. The van der Waals surface area contributed by atoms with E-state index in [0.29, 0.717) is 5.92 Å².